The molecule has 3 aromatic rings. The van der Waals surface area contributed by atoms with Gasteiger partial charge in [0.25, 0.3) is 11.8 Å². The fourth-order valence-corrected chi connectivity index (χ4v) is 6.09. The molecule has 0 unspecified atom stereocenters. The van der Waals surface area contributed by atoms with E-state index in [1.54, 1.807) is 25.1 Å². The second-order valence-electron chi connectivity index (χ2n) is 11.3. The Bertz CT molecular complexity index is 1760. The summed E-state index contributed by atoms with van der Waals surface area (Å²) >= 11 is 5.69. The van der Waals surface area contributed by atoms with Crippen molar-refractivity contribution in [2.45, 2.75) is 38.3 Å². The molecule has 0 spiro atoms. The number of benzene rings is 2. The number of carbonyl (C=O) groups excluding carboxylic acids is 3. The zero-order valence-corrected chi connectivity index (χ0v) is 24.8. The summed E-state index contributed by atoms with van der Waals surface area (Å²) in [7, 11) is 2.02. The number of ether oxygens (including phenoxy) is 1. The van der Waals surface area contributed by atoms with Crippen molar-refractivity contribution in [3.63, 3.8) is 0 Å². The SMILES string of the molecule is Cc1c2c(cc3[nH]c(C4=C(NC[C@@H](O)COc5c(F)ccc(Cl)c5F)C=CCC4=O)nc13)C(=O)N(C1CCN(C)CC1)C2=O. The molecule has 0 saturated carbocycles. The zero-order chi connectivity index (χ0) is 31.3. The van der Waals surface area contributed by atoms with E-state index in [4.69, 9.17) is 16.3 Å². The Labute approximate surface area is 256 Å². The molecule has 0 radical (unpaired) electrons. The van der Waals surface area contributed by atoms with Gasteiger partial charge in [-0.15, -0.1) is 0 Å². The van der Waals surface area contributed by atoms with E-state index < -0.39 is 30.1 Å². The molecule has 0 bridgehead atoms. The molecule has 3 N–H and O–H groups in total. The van der Waals surface area contributed by atoms with Gasteiger partial charge in [0.1, 0.15) is 18.5 Å². The Morgan fingerprint density at radius 3 is 2.70 bits per heavy atom. The number of hydrogen-bond donors (Lipinski definition) is 3. The first kappa shape index (κ1) is 29.9. The maximum Gasteiger partial charge on any atom is 0.262 e. The standard InChI is InChI=1S/C31H30ClF2N5O5/c1-15-24-18(30(42)39(31(24)43)16-8-10-38(2)11-9-16)12-22-27(15)37-29(36-22)25-21(4-3-5-23(25)41)35-13-17(40)14-44-28-20(33)7-6-19(32)26(28)34/h3-4,6-7,12,16-17,35,40H,5,8-11,13-14H2,1-2H3,(H,36,37)/t17-/m1/s1. The first-order valence-electron chi connectivity index (χ1n) is 14.3. The quantitative estimate of drug-likeness (QED) is 0.255. The van der Waals surface area contributed by atoms with Crippen LogP contribution < -0.4 is 10.1 Å². The molecule has 3 heterocycles. The van der Waals surface area contributed by atoms with Crippen molar-refractivity contribution in [1.82, 2.24) is 25.1 Å². The molecule has 2 aromatic carbocycles. The summed E-state index contributed by atoms with van der Waals surface area (Å²) in [4.78, 5) is 51.4. The number of Topliss-reactive ketones (excluding diaryl/α,β-unsaturated/α-hetero) is 1. The van der Waals surface area contributed by atoms with Crippen LogP contribution in [0.1, 0.15) is 51.4 Å². The Morgan fingerprint density at radius 2 is 1.95 bits per heavy atom. The molecular formula is C31H30ClF2N5O5. The van der Waals surface area contributed by atoms with Crippen molar-refractivity contribution < 1.29 is 33.0 Å². The number of H-pyrrole nitrogens is 1. The number of nitrogens with one attached hydrogen (secondary N) is 2. The monoisotopic (exact) mass is 625 g/mol. The lowest BCUT2D eigenvalue weighted by molar-refractivity contribution is -0.113. The molecule has 2 aliphatic heterocycles. The number of rotatable bonds is 8. The maximum atomic E-state index is 14.1. The van der Waals surface area contributed by atoms with E-state index in [-0.39, 0.29) is 53.0 Å². The second-order valence-corrected chi connectivity index (χ2v) is 11.7. The maximum absolute atomic E-state index is 14.1. The number of ketones is 1. The summed E-state index contributed by atoms with van der Waals surface area (Å²) in [5.74, 6) is -3.37. The number of imidazole rings is 1. The van der Waals surface area contributed by atoms with Crippen molar-refractivity contribution in [3.8, 4) is 5.75 Å². The average molecular weight is 626 g/mol. The summed E-state index contributed by atoms with van der Waals surface area (Å²) in [5.41, 5.74) is 2.77. The smallest absolute Gasteiger partial charge is 0.262 e. The minimum Gasteiger partial charge on any atom is -0.485 e. The minimum absolute atomic E-state index is 0.120. The zero-order valence-electron chi connectivity index (χ0n) is 24.0. The van der Waals surface area contributed by atoms with Gasteiger partial charge in [-0.25, -0.2) is 13.8 Å². The predicted molar refractivity (Wildman–Crippen MR) is 158 cm³/mol. The van der Waals surface area contributed by atoms with Crippen LogP contribution in [0.5, 0.6) is 5.75 Å². The van der Waals surface area contributed by atoms with Gasteiger partial charge in [-0.2, -0.15) is 0 Å². The van der Waals surface area contributed by atoms with Gasteiger partial charge in [-0.1, -0.05) is 17.7 Å². The summed E-state index contributed by atoms with van der Waals surface area (Å²) in [6, 6.07) is 3.48. The number of nitrogens with zero attached hydrogens (tertiary/aromatic N) is 3. The molecule has 2 amide bonds. The highest BCUT2D eigenvalue weighted by molar-refractivity contribution is 6.30. The molecule has 44 heavy (non-hydrogen) atoms. The van der Waals surface area contributed by atoms with Crippen molar-refractivity contribution >= 4 is 45.8 Å². The number of aliphatic hydroxyl groups excluding tert-OH is 1. The molecule has 1 fully saturated rings. The Balaban J connectivity index is 1.24. The Hall–Kier alpha value is -4.13. The van der Waals surface area contributed by atoms with E-state index in [1.165, 1.54) is 4.90 Å². The van der Waals surface area contributed by atoms with E-state index in [1.807, 2.05) is 7.05 Å². The molecule has 3 aliphatic rings. The van der Waals surface area contributed by atoms with Gasteiger partial charge in [0.05, 0.1) is 32.8 Å². The number of aromatic nitrogens is 2. The molecule has 10 nitrogen and oxygen atoms in total. The molecule has 1 aliphatic carbocycles. The van der Waals surface area contributed by atoms with Gasteiger partial charge in [0, 0.05) is 24.7 Å². The minimum atomic E-state index is -1.21. The molecule has 1 aromatic heterocycles. The number of amides is 2. The van der Waals surface area contributed by atoms with Crippen molar-refractivity contribution in [1.29, 1.82) is 0 Å². The van der Waals surface area contributed by atoms with Crippen LogP contribution in [0.4, 0.5) is 8.78 Å². The molecular weight excluding hydrogens is 596 g/mol. The Kier molecular flexibility index (Phi) is 7.99. The van der Waals surface area contributed by atoms with E-state index in [0.717, 1.165) is 38.1 Å². The second kappa shape index (κ2) is 11.8. The fourth-order valence-electron chi connectivity index (χ4n) is 5.94. The molecule has 1 atom stereocenters. The van der Waals surface area contributed by atoms with Crippen LogP contribution in [0.2, 0.25) is 5.02 Å². The van der Waals surface area contributed by atoms with Gasteiger partial charge in [0.15, 0.2) is 23.2 Å². The normalized spacial score (nSPS) is 18.5. The lowest BCUT2D eigenvalue weighted by Gasteiger charge is -2.33. The average Bonchev–Trinajstić information content (AvgIpc) is 3.53. The van der Waals surface area contributed by atoms with Gasteiger partial charge in [0.2, 0.25) is 0 Å². The highest BCUT2D eigenvalue weighted by Crippen LogP contribution is 2.35. The molecule has 13 heteroatoms. The summed E-state index contributed by atoms with van der Waals surface area (Å²) in [6.45, 7) is 2.78. The molecule has 230 valence electrons. The number of aromatic amines is 1. The summed E-state index contributed by atoms with van der Waals surface area (Å²) in [5, 5.41) is 13.1. The van der Waals surface area contributed by atoms with Crippen molar-refractivity contribution in [3.05, 3.63) is 75.2 Å². The number of carbonyl (C=O) groups is 3. The van der Waals surface area contributed by atoms with E-state index in [0.29, 0.717) is 33.4 Å². The number of allylic oxidation sites excluding steroid dienone is 3. The van der Waals surface area contributed by atoms with Gasteiger partial charge in [-0.05, 0) is 69.7 Å². The highest BCUT2D eigenvalue weighted by atomic mass is 35.5. The van der Waals surface area contributed by atoms with Gasteiger partial charge in [-0.3, -0.25) is 19.3 Å². The lowest BCUT2D eigenvalue weighted by atomic mass is 10.00. The topological polar surface area (TPSA) is 128 Å². The predicted octanol–water partition coefficient (Wildman–Crippen LogP) is 3.76. The lowest BCUT2D eigenvalue weighted by Crippen LogP contribution is -2.46. The first-order valence-corrected chi connectivity index (χ1v) is 14.6. The first-order chi connectivity index (χ1) is 21.0. The van der Waals surface area contributed by atoms with Crippen LogP contribution >= 0.6 is 11.6 Å². The number of imide groups is 1. The van der Waals surface area contributed by atoms with Gasteiger partial charge < -0.3 is 25.0 Å². The van der Waals surface area contributed by atoms with Crippen LogP contribution in [0.15, 0.2) is 36.0 Å². The van der Waals surface area contributed by atoms with Crippen LogP contribution in [-0.2, 0) is 4.79 Å². The number of hydrogen-bond acceptors (Lipinski definition) is 8. The van der Waals surface area contributed by atoms with Crippen LogP contribution in [0, 0.1) is 18.6 Å². The Morgan fingerprint density at radius 1 is 1.20 bits per heavy atom. The van der Waals surface area contributed by atoms with Crippen LogP contribution in [0.3, 0.4) is 0 Å². The number of halogens is 3. The number of fused-ring (bicyclic) bond motifs is 2. The fraction of sp³-hybridized carbons (Fsp3) is 0.355. The third-order valence-corrected chi connectivity index (χ3v) is 8.57. The summed E-state index contributed by atoms with van der Waals surface area (Å²) < 4.78 is 33.2. The van der Waals surface area contributed by atoms with E-state index in [2.05, 4.69) is 20.2 Å². The van der Waals surface area contributed by atoms with Crippen LogP contribution in [-0.4, -0.2) is 87.9 Å². The van der Waals surface area contributed by atoms with E-state index >= 15 is 0 Å². The van der Waals surface area contributed by atoms with Crippen molar-refractivity contribution in [2.75, 3.05) is 33.3 Å². The third-order valence-electron chi connectivity index (χ3n) is 8.28. The number of aryl methyl sites for hydroxylation is 1. The third kappa shape index (κ3) is 5.27. The van der Waals surface area contributed by atoms with Crippen molar-refractivity contribution in [2.24, 2.45) is 0 Å². The van der Waals surface area contributed by atoms with Crippen LogP contribution in [0.25, 0.3) is 16.6 Å². The van der Waals surface area contributed by atoms with Gasteiger partial charge >= 0.3 is 0 Å². The number of piperidine rings is 1. The molecule has 6 rings (SSSR count). The van der Waals surface area contributed by atoms with E-state index in [9.17, 15) is 28.3 Å². The molecule has 1 saturated heterocycles. The highest BCUT2D eigenvalue weighted by Gasteiger charge is 2.42. The number of aliphatic hydroxyl groups is 1. The largest absolute Gasteiger partial charge is 0.485 e. The summed E-state index contributed by atoms with van der Waals surface area (Å²) in [6.07, 6.45) is 3.68. The number of likely N-dealkylation sites (tertiary alicyclic amines) is 1.